The Kier molecular flexibility index (Phi) is 6.24. The molecule has 1 N–H and O–H groups in total. The molecule has 2 aliphatic rings. The summed E-state index contributed by atoms with van der Waals surface area (Å²) in [6.45, 7) is 4.18. The fraction of sp³-hybridized carbons (Fsp3) is 0.632. The Morgan fingerprint density at radius 3 is 2.71 bits per heavy atom. The lowest BCUT2D eigenvalue weighted by Crippen LogP contribution is -2.38. The van der Waals surface area contributed by atoms with Crippen molar-refractivity contribution in [2.24, 2.45) is 0 Å². The van der Waals surface area contributed by atoms with Gasteiger partial charge in [0, 0.05) is 26.2 Å². The minimum absolute atomic E-state index is 0.277. The molecular weight excluding hydrogens is 306 g/mol. The van der Waals surface area contributed by atoms with Gasteiger partial charge in [-0.15, -0.1) is 0 Å². The lowest BCUT2D eigenvalue weighted by molar-refractivity contribution is -0.0753. The number of benzene rings is 1. The SMILES string of the molecule is O=C(O)c1ccccc1CN1CCC(OCC2CCCCO2)CC1. The lowest BCUT2D eigenvalue weighted by Gasteiger charge is -2.33. The van der Waals surface area contributed by atoms with Crippen LogP contribution in [0.1, 0.15) is 48.0 Å². The van der Waals surface area contributed by atoms with Gasteiger partial charge in [0.05, 0.1) is 24.4 Å². The molecule has 0 aliphatic carbocycles. The lowest BCUT2D eigenvalue weighted by atomic mass is 10.0. The highest BCUT2D eigenvalue weighted by Crippen LogP contribution is 2.20. The van der Waals surface area contributed by atoms with Crippen molar-refractivity contribution in [3.8, 4) is 0 Å². The van der Waals surface area contributed by atoms with E-state index in [2.05, 4.69) is 4.90 Å². The second-order valence-corrected chi connectivity index (χ2v) is 6.76. The normalized spacial score (nSPS) is 23.2. The predicted octanol–water partition coefficient (Wildman–Crippen LogP) is 2.93. The second kappa shape index (κ2) is 8.60. The van der Waals surface area contributed by atoms with Crippen molar-refractivity contribution in [1.82, 2.24) is 4.90 Å². The molecule has 0 aromatic heterocycles. The predicted molar refractivity (Wildman–Crippen MR) is 91.2 cm³/mol. The summed E-state index contributed by atoms with van der Waals surface area (Å²) >= 11 is 0. The number of nitrogens with zero attached hydrogens (tertiary/aromatic N) is 1. The first-order valence-electron chi connectivity index (χ1n) is 8.99. The number of carbonyl (C=O) groups is 1. The fourth-order valence-corrected chi connectivity index (χ4v) is 3.52. The van der Waals surface area contributed by atoms with Gasteiger partial charge in [0.25, 0.3) is 0 Å². The summed E-state index contributed by atoms with van der Waals surface area (Å²) in [5.41, 5.74) is 1.30. The quantitative estimate of drug-likeness (QED) is 0.867. The first-order valence-corrected chi connectivity index (χ1v) is 8.99. The molecule has 0 radical (unpaired) electrons. The molecule has 132 valence electrons. The highest BCUT2D eigenvalue weighted by Gasteiger charge is 2.23. The summed E-state index contributed by atoms with van der Waals surface area (Å²) < 4.78 is 11.8. The van der Waals surface area contributed by atoms with Crippen LogP contribution in [-0.4, -0.2) is 54.5 Å². The number of hydrogen-bond acceptors (Lipinski definition) is 4. The van der Waals surface area contributed by atoms with Crippen molar-refractivity contribution < 1.29 is 19.4 Å². The van der Waals surface area contributed by atoms with Crippen LogP contribution in [-0.2, 0) is 16.0 Å². The van der Waals surface area contributed by atoms with E-state index in [1.54, 1.807) is 12.1 Å². The van der Waals surface area contributed by atoms with E-state index < -0.39 is 5.97 Å². The maximum Gasteiger partial charge on any atom is 0.336 e. The van der Waals surface area contributed by atoms with E-state index in [4.69, 9.17) is 9.47 Å². The van der Waals surface area contributed by atoms with Crippen molar-refractivity contribution >= 4 is 5.97 Å². The fourth-order valence-electron chi connectivity index (χ4n) is 3.52. The third-order valence-electron chi connectivity index (χ3n) is 4.97. The van der Waals surface area contributed by atoms with Crippen molar-refractivity contribution in [2.75, 3.05) is 26.3 Å². The minimum Gasteiger partial charge on any atom is -0.478 e. The zero-order chi connectivity index (χ0) is 16.8. The van der Waals surface area contributed by atoms with Gasteiger partial charge in [-0.3, -0.25) is 4.90 Å². The van der Waals surface area contributed by atoms with Crippen LogP contribution in [0.5, 0.6) is 0 Å². The molecule has 2 heterocycles. The number of ether oxygens (including phenoxy) is 2. The topological polar surface area (TPSA) is 59.0 Å². The molecule has 0 amide bonds. The molecule has 3 rings (SSSR count). The molecule has 0 saturated carbocycles. The van der Waals surface area contributed by atoms with Gasteiger partial charge in [0.2, 0.25) is 0 Å². The molecular formula is C19H27NO4. The summed E-state index contributed by atoms with van der Waals surface area (Å²) in [5, 5.41) is 9.28. The summed E-state index contributed by atoms with van der Waals surface area (Å²) in [5.74, 6) is -0.851. The number of rotatable bonds is 6. The van der Waals surface area contributed by atoms with Gasteiger partial charge in [-0.1, -0.05) is 18.2 Å². The third kappa shape index (κ3) is 4.79. The first kappa shape index (κ1) is 17.4. The average Bonchev–Trinajstić information content (AvgIpc) is 2.62. The molecule has 1 atom stereocenters. The van der Waals surface area contributed by atoms with Crippen LogP contribution in [0.15, 0.2) is 24.3 Å². The third-order valence-corrected chi connectivity index (χ3v) is 4.97. The van der Waals surface area contributed by atoms with Gasteiger partial charge in [-0.25, -0.2) is 4.79 Å². The Morgan fingerprint density at radius 2 is 2.00 bits per heavy atom. The molecule has 5 heteroatoms. The number of carboxylic acids is 1. The van der Waals surface area contributed by atoms with Crippen LogP contribution in [0.25, 0.3) is 0 Å². The van der Waals surface area contributed by atoms with Crippen LogP contribution in [0, 0.1) is 0 Å². The zero-order valence-electron chi connectivity index (χ0n) is 14.2. The monoisotopic (exact) mass is 333 g/mol. The van der Waals surface area contributed by atoms with Gasteiger partial charge >= 0.3 is 5.97 Å². The molecule has 2 fully saturated rings. The van der Waals surface area contributed by atoms with Crippen molar-refractivity contribution in [1.29, 1.82) is 0 Å². The molecule has 24 heavy (non-hydrogen) atoms. The van der Waals surface area contributed by atoms with E-state index in [0.29, 0.717) is 24.8 Å². The van der Waals surface area contributed by atoms with Crippen LogP contribution in [0.4, 0.5) is 0 Å². The maximum atomic E-state index is 11.3. The van der Waals surface area contributed by atoms with Gasteiger partial charge in [0.15, 0.2) is 0 Å². The smallest absolute Gasteiger partial charge is 0.336 e. The van der Waals surface area contributed by atoms with Crippen LogP contribution >= 0.6 is 0 Å². The van der Waals surface area contributed by atoms with Crippen molar-refractivity contribution in [3.63, 3.8) is 0 Å². The van der Waals surface area contributed by atoms with E-state index in [1.165, 1.54) is 12.8 Å². The zero-order valence-corrected chi connectivity index (χ0v) is 14.2. The molecule has 5 nitrogen and oxygen atoms in total. The summed E-state index contributed by atoms with van der Waals surface area (Å²) in [7, 11) is 0. The Hall–Kier alpha value is -1.43. The minimum atomic E-state index is -0.851. The van der Waals surface area contributed by atoms with E-state index >= 15 is 0 Å². The highest BCUT2D eigenvalue weighted by atomic mass is 16.5. The molecule has 0 spiro atoms. The van der Waals surface area contributed by atoms with Crippen molar-refractivity contribution in [3.05, 3.63) is 35.4 Å². The van der Waals surface area contributed by atoms with Gasteiger partial charge < -0.3 is 14.6 Å². The number of likely N-dealkylation sites (tertiary alicyclic amines) is 1. The summed E-state index contributed by atoms with van der Waals surface area (Å²) in [6.07, 6.45) is 6.12. The van der Waals surface area contributed by atoms with E-state index in [1.807, 2.05) is 12.1 Å². The Balaban J connectivity index is 1.43. The Bertz CT molecular complexity index is 534. The molecule has 2 saturated heterocycles. The Morgan fingerprint density at radius 1 is 1.21 bits per heavy atom. The number of piperidine rings is 1. The number of carboxylic acid groups (broad SMARTS) is 1. The maximum absolute atomic E-state index is 11.3. The summed E-state index contributed by atoms with van der Waals surface area (Å²) in [4.78, 5) is 13.6. The first-order chi connectivity index (χ1) is 11.7. The summed E-state index contributed by atoms with van der Waals surface area (Å²) in [6, 6.07) is 7.27. The average molecular weight is 333 g/mol. The van der Waals surface area contributed by atoms with Gasteiger partial charge in [-0.2, -0.15) is 0 Å². The van der Waals surface area contributed by atoms with E-state index in [9.17, 15) is 9.90 Å². The van der Waals surface area contributed by atoms with Gasteiger partial charge in [0.1, 0.15) is 0 Å². The van der Waals surface area contributed by atoms with Crippen LogP contribution in [0.3, 0.4) is 0 Å². The second-order valence-electron chi connectivity index (χ2n) is 6.76. The largest absolute Gasteiger partial charge is 0.478 e. The van der Waals surface area contributed by atoms with Gasteiger partial charge in [-0.05, 0) is 43.7 Å². The van der Waals surface area contributed by atoms with Crippen LogP contribution < -0.4 is 0 Å². The van der Waals surface area contributed by atoms with E-state index in [-0.39, 0.29) is 6.10 Å². The molecule has 0 bridgehead atoms. The standard InChI is InChI=1S/C19H27NO4/c21-19(22)18-7-2-1-5-15(18)13-20-10-8-16(9-11-20)24-14-17-6-3-4-12-23-17/h1-2,5,7,16-17H,3-4,6,8-14H2,(H,21,22). The van der Waals surface area contributed by atoms with E-state index in [0.717, 1.165) is 44.5 Å². The highest BCUT2D eigenvalue weighted by molar-refractivity contribution is 5.89. The molecule has 1 aromatic rings. The van der Waals surface area contributed by atoms with Crippen LogP contribution in [0.2, 0.25) is 0 Å². The number of hydrogen-bond donors (Lipinski definition) is 1. The Labute approximate surface area is 143 Å². The molecule has 1 aromatic carbocycles. The molecule has 1 unspecified atom stereocenters. The molecule has 2 aliphatic heterocycles. The van der Waals surface area contributed by atoms with Crippen molar-refractivity contribution in [2.45, 2.75) is 50.9 Å². The number of aromatic carboxylic acids is 1.